The lowest BCUT2D eigenvalue weighted by Crippen LogP contribution is -2.34. The molecular weight excluding hydrogens is 278 g/mol. The van der Waals surface area contributed by atoms with Crippen molar-refractivity contribution in [2.45, 2.75) is 32.8 Å². The first-order valence-corrected chi connectivity index (χ1v) is 7.60. The lowest BCUT2D eigenvalue weighted by Gasteiger charge is -2.14. The van der Waals surface area contributed by atoms with Crippen LogP contribution in [0.2, 0.25) is 0 Å². The molecule has 0 spiro atoms. The summed E-state index contributed by atoms with van der Waals surface area (Å²) < 4.78 is 1.80. The summed E-state index contributed by atoms with van der Waals surface area (Å²) in [4.78, 5) is 11.8. The van der Waals surface area contributed by atoms with Crippen molar-refractivity contribution in [3.05, 3.63) is 48.3 Å². The number of hydrogen-bond donors (Lipinski definition) is 2. The number of aliphatic hydroxyl groups excluding tert-OH is 1. The summed E-state index contributed by atoms with van der Waals surface area (Å²) >= 11 is 0. The van der Waals surface area contributed by atoms with E-state index < -0.39 is 6.10 Å². The second kappa shape index (κ2) is 7.75. The van der Waals surface area contributed by atoms with Gasteiger partial charge in [0.15, 0.2) is 0 Å². The molecule has 0 radical (unpaired) electrons. The first kappa shape index (κ1) is 16.2. The zero-order valence-corrected chi connectivity index (χ0v) is 13.1. The van der Waals surface area contributed by atoms with Crippen LogP contribution < -0.4 is 5.32 Å². The summed E-state index contributed by atoms with van der Waals surface area (Å²) in [6.45, 7) is 4.16. The molecule has 118 valence electrons. The summed E-state index contributed by atoms with van der Waals surface area (Å²) in [7, 11) is 0. The zero-order valence-electron chi connectivity index (χ0n) is 13.1. The van der Waals surface area contributed by atoms with E-state index in [1.807, 2.05) is 50.4 Å². The van der Waals surface area contributed by atoms with Crippen LogP contribution in [0.1, 0.15) is 25.8 Å². The molecule has 5 heteroatoms. The smallest absolute Gasteiger partial charge is 0.220 e. The van der Waals surface area contributed by atoms with Crippen LogP contribution in [0.5, 0.6) is 0 Å². The molecule has 1 heterocycles. The molecule has 22 heavy (non-hydrogen) atoms. The molecule has 1 amide bonds. The van der Waals surface area contributed by atoms with Crippen molar-refractivity contribution >= 4 is 5.91 Å². The van der Waals surface area contributed by atoms with Crippen molar-refractivity contribution in [2.75, 3.05) is 6.54 Å². The first-order chi connectivity index (χ1) is 10.6. The average molecular weight is 301 g/mol. The Bertz CT molecular complexity index is 593. The van der Waals surface area contributed by atoms with E-state index >= 15 is 0 Å². The fraction of sp³-hybridized carbons (Fsp3) is 0.412. The Hall–Kier alpha value is -2.14. The van der Waals surface area contributed by atoms with E-state index in [4.69, 9.17) is 0 Å². The predicted octanol–water partition coefficient (Wildman–Crippen LogP) is 1.94. The van der Waals surface area contributed by atoms with E-state index in [2.05, 4.69) is 10.4 Å². The van der Waals surface area contributed by atoms with E-state index in [0.717, 1.165) is 11.3 Å². The molecule has 1 unspecified atom stereocenters. The van der Waals surface area contributed by atoms with Crippen molar-refractivity contribution in [2.24, 2.45) is 5.92 Å². The lowest BCUT2D eigenvalue weighted by molar-refractivity contribution is -0.121. The number of benzene rings is 1. The van der Waals surface area contributed by atoms with Crippen molar-refractivity contribution < 1.29 is 9.90 Å². The molecule has 0 fully saturated rings. The van der Waals surface area contributed by atoms with Gasteiger partial charge in [0, 0.05) is 19.2 Å². The van der Waals surface area contributed by atoms with Crippen LogP contribution in [-0.4, -0.2) is 33.4 Å². The van der Waals surface area contributed by atoms with Crippen LogP contribution in [0.3, 0.4) is 0 Å². The molecule has 5 nitrogen and oxygen atoms in total. The molecule has 2 aromatic rings. The Kier molecular flexibility index (Phi) is 5.72. The molecule has 0 saturated heterocycles. The van der Waals surface area contributed by atoms with Gasteiger partial charge in [-0.15, -0.1) is 0 Å². The molecule has 1 aromatic heterocycles. The molecular formula is C17H23N3O2. The molecule has 1 aromatic carbocycles. The number of para-hydroxylation sites is 1. The number of carbonyl (C=O) groups is 1. The van der Waals surface area contributed by atoms with Crippen LogP contribution in [-0.2, 0) is 11.2 Å². The van der Waals surface area contributed by atoms with Gasteiger partial charge in [0.2, 0.25) is 5.91 Å². The number of aliphatic hydroxyl groups is 1. The van der Waals surface area contributed by atoms with E-state index in [1.165, 1.54) is 0 Å². The SMILES string of the molecule is CC(C)C(O)CNC(=O)CCc1cnn(-c2ccccc2)c1. The fourth-order valence-corrected chi connectivity index (χ4v) is 2.01. The van der Waals surface area contributed by atoms with Gasteiger partial charge in [-0.25, -0.2) is 4.68 Å². The van der Waals surface area contributed by atoms with Crippen molar-refractivity contribution in [3.8, 4) is 5.69 Å². The maximum Gasteiger partial charge on any atom is 0.220 e. The fourth-order valence-electron chi connectivity index (χ4n) is 2.01. The van der Waals surface area contributed by atoms with Crippen LogP contribution in [0, 0.1) is 5.92 Å². The quantitative estimate of drug-likeness (QED) is 0.821. The molecule has 0 aliphatic rings. The second-order valence-electron chi connectivity index (χ2n) is 5.74. The van der Waals surface area contributed by atoms with Crippen LogP contribution in [0.25, 0.3) is 5.69 Å². The van der Waals surface area contributed by atoms with Crippen LogP contribution in [0.15, 0.2) is 42.7 Å². The van der Waals surface area contributed by atoms with Gasteiger partial charge >= 0.3 is 0 Å². The highest BCUT2D eigenvalue weighted by atomic mass is 16.3. The highest BCUT2D eigenvalue weighted by Gasteiger charge is 2.11. The van der Waals surface area contributed by atoms with Gasteiger partial charge in [-0.3, -0.25) is 4.79 Å². The largest absolute Gasteiger partial charge is 0.391 e. The van der Waals surface area contributed by atoms with Crippen molar-refractivity contribution in [3.63, 3.8) is 0 Å². The summed E-state index contributed by atoms with van der Waals surface area (Å²) in [6, 6.07) is 9.85. The van der Waals surface area contributed by atoms with Gasteiger partial charge in [0.25, 0.3) is 0 Å². The lowest BCUT2D eigenvalue weighted by atomic mass is 10.1. The Morgan fingerprint density at radius 2 is 2.05 bits per heavy atom. The third-order valence-electron chi connectivity index (χ3n) is 3.58. The number of rotatable bonds is 7. The molecule has 1 atom stereocenters. The van der Waals surface area contributed by atoms with E-state index in [-0.39, 0.29) is 11.8 Å². The summed E-state index contributed by atoms with van der Waals surface area (Å²) in [5.41, 5.74) is 2.02. The minimum atomic E-state index is -0.496. The minimum absolute atomic E-state index is 0.0489. The predicted molar refractivity (Wildman–Crippen MR) is 85.7 cm³/mol. The Morgan fingerprint density at radius 3 is 2.73 bits per heavy atom. The van der Waals surface area contributed by atoms with Gasteiger partial charge in [-0.05, 0) is 30.0 Å². The van der Waals surface area contributed by atoms with Gasteiger partial charge in [0.1, 0.15) is 0 Å². The standard InChI is InChI=1S/C17H23N3O2/c1-13(2)16(21)11-18-17(22)9-8-14-10-19-20(12-14)15-6-4-3-5-7-15/h3-7,10,12-13,16,21H,8-9,11H2,1-2H3,(H,18,22). The Labute approximate surface area is 131 Å². The van der Waals surface area contributed by atoms with Crippen LogP contribution >= 0.6 is 0 Å². The molecule has 2 rings (SSSR count). The Balaban J connectivity index is 1.80. The maximum absolute atomic E-state index is 11.8. The summed E-state index contributed by atoms with van der Waals surface area (Å²) in [5.74, 6) is 0.0940. The molecule has 0 saturated carbocycles. The molecule has 0 aliphatic carbocycles. The number of hydrogen-bond acceptors (Lipinski definition) is 3. The number of aromatic nitrogens is 2. The normalized spacial score (nSPS) is 12.4. The highest BCUT2D eigenvalue weighted by molar-refractivity contribution is 5.76. The number of carbonyl (C=O) groups excluding carboxylic acids is 1. The highest BCUT2D eigenvalue weighted by Crippen LogP contribution is 2.09. The van der Waals surface area contributed by atoms with E-state index in [9.17, 15) is 9.90 Å². The summed E-state index contributed by atoms with van der Waals surface area (Å²) in [5, 5.41) is 16.7. The van der Waals surface area contributed by atoms with Gasteiger partial charge < -0.3 is 10.4 Å². The van der Waals surface area contributed by atoms with Crippen LogP contribution in [0.4, 0.5) is 0 Å². The monoisotopic (exact) mass is 301 g/mol. The number of nitrogens with zero attached hydrogens (tertiary/aromatic N) is 2. The van der Waals surface area contributed by atoms with Crippen molar-refractivity contribution in [1.29, 1.82) is 0 Å². The second-order valence-corrected chi connectivity index (χ2v) is 5.74. The number of aryl methyl sites for hydroxylation is 1. The zero-order chi connectivity index (χ0) is 15.9. The topological polar surface area (TPSA) is 67.2 Å². The number of nitrogens with one attached hydrogen (secondary N) is 1. The summed E-state index contributed by atoms with van der Waals surface area (Å²) in [6.07, 6.45) is 4.25. The third kappa shape index (κ3) is 4.70. The van der Waals surface area contributed by atoms with Gasteiger partial charge in [0.05, 0.1) is 18.0 Å². The molecule has 2 N–H and O–H groups in total. The van der Waals surface area contributed by atoms with E-state index in [0.29, 0.717) is 19.4 Å². The number of amides is 1. The van der Waals surface area contributed by atoms with Gasteiger partial charge in [-0.2, -0.15) is 5.10 Å². The van der Waals surface area contributed by atoms with E-state index in [1.54, 1.807) is 10.9 Å². The van der Waals surface area contributed by atoms with Gasteiger partial charge in [-0.1, -0.05) is 32.0 Å². The minimum Gasteiger partial charge on any atom is -0.391 e. The third-order valence-corrected chi connectivity index (χ3v) is 3.58. The maximum atomic E-state index is 11.8. The Morgan fingerprint density at radius 1 is 1.32 bits per heavy atom. The molecule has 0 aliphatic heterocycles. The first-order valence-electron chi connectivity index (χ1n) is 7.60. The van der Waals surface area contributed by atoms with Crippen molar-refractivity contribution in [1.82, 2.24) is 15.1 Å². The average Bonchev–Trinajstić information content (AvgIpc) is 3.00. The molecule has 0 bridgehead atoms.